The summed E-state index contributed by atoms with van der Waals surface area (Å²) in [5.74, 6) is -0.0875. The van der Waals surface area contributed by atoms with E-state index in [1.807, 2.05) is 0 Å². The maximum absolute atomic E-state index is 11.3. The first-order valence-corrected chi connectivity index (χ1v) is 7.29. The van der Waals surface area contributed by atoms with Gasteiger partial charge in [-0.1, -0.05) is 6.08 Å². The fourth-order valence-corrected chi connectivity index (χ4v) is 2.83. The second-order valence-electron chi connectivity index (χ2n) is 3.37. The summed E-state index contributed by atoms with van der Waals surface area (Å²) in [5, 5.41) is 7.66. The van der Waals surface area contributed by atoms with Gasteiger partial charge in [-0.3, -0.25) is 4.79 Å². The summed E-state index contributed by atoms with van der Waals surface area (Å²) < 4.78 is 22.1. The van der Waals surface area contributed by atoms with Crippen molar-refractivity contribution in [1.82, 2.24) is 5.32 Å². The summed E-state index contributed by atoms with van der Waals surface area (Å²) in [4.78, 5) is 12.0. The lowest BCUT2D eigenvalue weighted by molar-refractivity contribution is -0.121. The quantitative estimate of drug-likeness (QED) is 0.758. The predicted molar refractivity (Wildman–Crippen MR) is 67.0 cm³/mol. The van der Waals surface area contributed by atoms with E-state index in [4.69, 9.17) is 5.14 Å². The van der Waals surface area contributed by atoms with Gasteiger partial charge in [0.2, 0.25) is 15.9 Å². The van der Waals surface area contributed by atoms with Gasteiger partial charge in [-0.2, -0.15) is 0 Å². The van der Waals surface area contributed by atoms with E-state index in [2.05, 4.69) is 11.9 Å². The number of nitrogens with one attached hydrogen (secondary N) is 1. The maximum atomic E-state index is 11.3. The van der Waals surface area contributed by atoms with Crippen molar-refractivity contribution in [1.29, 1.82) is 0 Å². The van der Waals surface area contributed by atoms with Gasteiger partial charge in [0.25, 0.3) is 0 Å². The molecule has 1 heterocycles. The zero-order valence-corrected chi connectivity index (χ0v) is 10.8. The largest absolute Gasteiger partial charge is 0.351 e. The lowest BCUT2D eigenvalue weighted by Crippen LogP contribution is -2.21. The molecule has 17 heavy (non-hydrogen) atoms. The molecule has 1 amide bonds. The van der Waals surface area contributed by atoms with Crippen LogP contribution in [0.1, 0.15) is 17.7 Å². The molecular formula is C10H14N2O3S2. The topological polar surface area (TPSA) is 89.3 Å². The van der Waals surface area contributed by atoms with Gasteiger partial charge in [0.1, 0.15) is 4.21 Å². The van der Waals surface area contributed by atoms with Crippen LogP contribution in [0.4, 0.5) is 0 Å². The molecule has 0 aliphatic carbocycles. The van der Waals surface area contributed by atoms with Crippen molar-refractivity contribution in [2.45, 2.75) is 23.6 Å². The smallest absolute Gasteiger partial charge is 0.247 e. The van der Waals surface area contributed by atoms with E-state index in [-0.39, 0.29) is 10.1 Å². The monoisotopic (exact) mass is 274 g/mol. The Bertz CT molecular complexity index is 505. The molecule has 0 aromatic carbocycles. The van der Waals surface area contributed by atoms with Crippen LogP contribution in [0.2, 0.25) is 0 Å². The zero-order chi connectivity index (χ0) is 12.9. The number of carbonyl (C=O) groups is 1. The van der Waals surface area contributed by atoms with Gasteiger partial charge in [-0.25, -0.2) is 13.6 Å². The Balaban J connectivity index is 2.51. The molecule has 0 aliphatic heterocycles. The highest BCUT2D eigenvalue weighted by atomic mass is 32.2. The molecule has 0 radical (unpaired) electrons. The molecule has 1 aromatic rings. The number of amides is 1. The molecule has 0 aliphatic rings. The summed E-state index contributed by atoms with van der Waals surface area (Å²) >= 11 is 1.06. The first-order valence-electron chi connectivity index (χ1n) is 4.92. The Hall–Kier alpha value is -1.18. The van der Waals surface area contributed by atoms with Crippen molar-refractivity contribution >= 4 is 27.3 Å². The van der Waals surface area contributed by atoms with Crippen LogP contribution in [0, 0.1) is 0 Å². The molecule has 94 valence electrons. The summed E-state index contributed by atoms with van der Waals surface area (Å²) in [6.45, 7) is 3.84. The predicted octanol–water partition coefficient (Wildman–Crippen LogP) is 0.978. The highest BCUT2D eigenvalue weighted by Gasteiger charge is 2.11. The van der Waals surface area contributed by atoms with Crippen LogP contribution in [0.3, 0.4) is 0 Å². The van der Waals surface area contributed by atoms with Crippen molar-refractivity contribution < 1.29 is 13.2 Å². The van der Waals surface area contributed by atoms with Crippen LogP contribution < -0.4 is 10.5 Å². The number of hydrogen-bond donors (Lipinski definition) is 2. The molecule has 0 saturated heterocycles. The van der Waals surface area contributed by atoms with Gasteiger partial charge >= 0.3 is 0 Å². The van der Waals surface area contributed by atoms with Crippen LogP contribution in [-0.4, -0.2) is 14.3 Å². The Kier molecular flexibility index (Phi) is 4.86. The van der Waals surface area contributed by atoms with Gasteiger partial charge in [0, 0.05) is 11.3 Å². The van der Waals surface area contributed by atoms with Crippen molar-refractivity contribution in [2.24, 2.45) is 5.14 Å². The molecule has 1 rings (SSSR count). The van der Waals surface area contributed by atoms with E-state index in [1.54, 1.807) is 12.1 Å². The summed E-state index contributed by atoms with van der Waals surface area (Å²) in [7, 11) is -3.64. The van der Waals surface area contributed by atoms with Gasteiger partial charge in [0.15, 0.2) is 0 Å². The summed E-state index contributed by atoms with van der Waals surface area (Å²) in [6, 6.07) is 3.07. The standard InChI is InChI=1S/C10H14N2O3S2/c1-2-3-4-9(13)12-7-8-5-6-10(16-8)17(11,14)15/h2,5-6H,1,3-4,7H2,(H,12,13)(H2,11,14,15). The van der Waals surface area contributed by atoms with Crippen molar-refractivity contribution in [3.8, 4) is 0 Å². The van der Waals surface area contributed by atoms with Gasteiger partial charge in [0.05, 0.1) is 6.54 Å². The second-order valence-corrected chi connectivity index (χ2v) is 6.33. The number of sulfonamides is 1. The summed E-state index contributed by atoms with van der Waals surface area (Å²) in [5.41, 5.74) is 0. The molecule has 5 nitrogen and oxygen atoms in total. The SMILES string of the molecule is C=CCCC(=O)NCc1ccc(S(N)(=O)=O)s1. The minimum absolute atomic E-state index is 0.0875. The number of nitrogens with two attached hydrogens (primary N) is 1. The number of rotatable bonds is 6. The first-order chi connectivity index (χ1) is 7.93. The molecule has 3 N–H and O–H groups in total. The van der Waals surface area contributed by atoms with Gasteiger partial charge < -0.3 is 5.32 Å². The van der Waals surface area contributed by atoms with Crippen LogP contribution in [0.15, 0.2) is 29.0 Å². The highest BCUT2D eigenvalue weighted by Crippen LogP contribution is 2.19. The number of thiophene rings is 1. The Labute approximate surface area is 104 Å². The number of primary sulfonamides is 1. The van der Waals surface area contributed by atoms with E-state index in [0.717, 1.165) is 16.2 Å². The highest BCUT2D eigenvalue weighted by molar-refractivity contribution is 7.91. The fraction of sp³-hybridized carbons (Fsp3) is 0.300. The Morgan fingerprint density at radius 2 is 2.24 bits per heavy atom. The second kappa shape index (κ2) is 5.95. The molecule has 0 fully saturated rings. The Morgan fingerprint density at radius 1 is 1.53 bits per heavy atom. The number of hydrogen-bond acceptors (Lipinski definition) is 4. The van der Waals surface area contributed by atoms with E-state index in [1.165, 1.54) is 6.07 Å². The molecule has 0 spiro atoms. The normalized spacial score (nSPS) is 11.1. The maximum Gasteiger partial charge on any atom is 0.247 e. The van der Waals surface area contributed by atoms with E-state index in [0.29, 0.717) is 19.4 Å². The molecule has 0 bridgehead atoms. The van der Waals surface area contributed by atoms with Crippen LogP contribution in [0.25, 0.3) is 0 Å². The van der Waals surface area contributed by atoms with Gasteiger partial charge in [-0.15, -0.1) is 17.9 Å². The summed E-state index contributed by atoms with van der Waals surface area (Å²) in [6.07, 6.45) is 2.68. The third-order valence-corrected chi connectivity index (χ3v) is 4.48. The Morgan fingerprint density at radius 3 is 2.76 bits per heavy atom. The van der Waals surface area contributed by atoms with Crippen LogP contribution in [0.5, 0.6) is 0 Å². The average molecular weight is 274 g/mol. The van der Waals surface area contributed by atoms with E-state index >= 15 is 0 Å². The van der Waals surface area contributed by atoms with Crippen molar-refractivity contribution in [3.63, 3.8) is 0 Å². The van der Waals surface area contributed by atoms with Crippen molar-refractivity contribution in [3.05, 3.63) is 29.7 Å². The fourth-order valence-electron chi connectivity index (χ4n) is 1.11. The third kappa shape index (κ3) is 4.68. The molecule has 1 aromatic heterocycles. The van der Waals surface area contributed by atoms with Crippen molar-refractivity contribution in [2.75, 3.05) is 0 Å². The molecule has 0 unspecified atom stereocenters. The lowest BCUT2D eigenvalue weighted by atomic mass is 10.3. The molecule has 0 atom stereocenters. The first kappa shape index (κ1) is 13.9. The minimum atomic E-state index is -3.64. The van der Waals surface area contributed by atoms with Gasteiger partial charge in [-0.05, 0) is 18.6 Å². The lowest BCUT2D eigenvalue weighted by Gasteiger charge is -2.01. The molecular weight excluding hydrogens is 260 g/mol. The molecule has 0 saturated carbocycles. The third-order valence-electron chi connectivity index (χ3n) is 1.95. The average Bonchev–Trinajstić information content (AvgIpc) is 2.71. The van der Waals surface area contributed by atoms with E-state index in [9.17, 15) is 13.2 Å². The van der Waals surface area contributed by atoms with E-state index < -0.39 is 10.0 Å². The van der Waals surface area contributed by atoms with Crippen LogP contribution >= 0.6 is 11.3 Å². The number of carbonyl (C=O) groups excluding carboxylic acids is 1. The zero-order valence-electron chi connectivity index (χ0n) is 9.18. The molecule has 7 heteroatoms. The minimum Gasteiger partial charge on any atom is -0.351 e. The number of allylic oxidation sites excluding steroid dienone is 1. The van der Waals surface area contributed by atoms with Crippen LogP contribution in [-0.2, 0) is 21.4 Å².